The van der Waals surface area contributed by atoms with Gasteiger partial charge in [0, 0.05) is 18.6 Å². The fourth-order valence-corrected chi connectivity index (χ4v) is 3.94. The van der Waals surface area contributed by atoms with Crippen LogP contribution in [0.5, 0.6) is 5.75 Å². The number of benzene rings is 1. The largest absolute Gasteiger partial charge is 0.494 e. The van der Waals surface area contributed by atoms with Crippen molar-refractivity contribution >= 4 is 10.0 Å². The molecule has 21 heavy (non-hydrogen) atoms. The number of nitrogens with one attached hydrogen (secondary N) is 1. The van der Waals surface area contributed by atoms with Crippen molar-refractivity contribution in [2.45, 2.75) is 37.1 Å². The first-order valence-corrected chi connectivity index (χ1v) is 8.77. The van der Waals surface area contributed by atoms with E-state index in [2.05, 4.69) is 12.2 Å². The van der Waals surface area contributed by atoms with E-state index in [1.807, 2.05) is 14.0 Å². The first-order valence-electron chi connectivity index (χ1n) is 7.33. The molecule has 1 aromatic carbocycles. The summed E-state index contributed by atoms with van der Waals surface area (Å²) in [6.45, 7) is 5.70. The van der Waals surface area contributed by atoms with E-state index in [0.29, 0.717) is 30.3 Å². The van der Waals surface area contributed by atoms with Gasteiger partial charge in [-0.3, -0.25) is 0 Å². The van der Waals surface area contributed by atoms with Crippen molar-refractivity contribution in [1.82, 2.24) is 9.62 Å². The minimum Gasteiger partial charge on any atom is -0.494 e. The number of sulfonamides is 1. The third-order valence-corrected chi connectivity index (χ3v) is 6.11. The van der Waals surface area contributed by atoms with Gasteiger partial charge in [0.1, 0.15) is 5.75 Å². The first kappa shape index (κ1) is 16.3. The second-order valence-corrected chi connectivity index (χ2v) is 7.56. The van der Waals surface area contributed by atoms with E-state index >= 15 is 0 Å². The smallest absolute Gasteiger partial charge is 0.243 e. The molecular formula is C15H24N2O3S. The third kappa shape index (κ3) is 3.56. The van der Waals surface area contributed by atoms with Gasteiger partial charge in [-0.15, -0.1) is 0 Å². The van der Waals surface area contributed by atoms with Gasteiger partial charge in [-0.1, -0.05) is 0 Å². The maximum Gasteiger partial charge on any atom is 0.243 e. The van der Waals surface area contributed by atoms with Crippen molar-refractivity contribution in [1.29, 1.82) is 0 Å². The van der Waals surface area contributed by atoms with Gasteiger partial charge in [-0.2, -0.15) is 4.31 Å². The minimum absolute atomic E-state index is 0.0326. The third-order valence-electron chi connectivity index (χ3n) is 4.20. The molecule has 1 aliphatic heterocycles. The highest BCUT2D eigenvalue weighted by Crippen LogP contribution is 2.26. The van der Waals surface area contributed by atoms with Crippen LogP contribution in [0.15, 0.2) is 29.2 Å². The molecule has 2 rings (SSSR count). The number of hydrogen-bond acceptors (Lipinski definition) is 4. The molecule has 0 saturated carbocycles. The van der Waals surface area contributed by atoms with Gasteiger partial charge >= 0.3 is 0 Å². The van der Waals surface area contributed by atoms with Crippen LogP contribution in [0.25, 0.3) is 0 Å². The zero-order valence-corrected chi connectivity index (χ0v) is 13.7. The summed E-state index contributed by atoms with van der Waals surface area (Å²) in [6.07, 6.45) is 1.64. The second kappa shape index (κ2) is 6.34. The highest BCUT2D eigenvalue weighted by Gasteiger charge is 2.34. The topological polar surface area (TPSA) is 58.6 Å². The summed E-state index contributed by atoms with van der Waals surface area (Å²) in [7, 11) is -1.47. The number of piperidine rings is 1. The summed E-state index contributed by atoms with van der Waals surface area (Å²) in [4.78, 5) is 0.332. The molecule has 0 aromatic heterocycles. The Hall–Kier alpha value is -1.11. The molecular weight excluding hydrogens is 288 g/mol. The van der Waals surface area contributed by atoms with Crippen LogP contribution in [0.4, 0.5) is 0 Å². The van der Waals surface area contributed by atoms with Gasteiger partial charge in [0.05, 0.1) is 11.5 Å². The Morgan fingerprint density at radius 2 is 1.81 bits per heavy atom. The summed E-state index contributed by atoms with van der Waals surface area (Å²) in [6, 6.07) is 6.65. The van der Waals surface area contributed by atoms with Crippen LogP contribution >= 0.6 is 0 Å². The molecule has 6 heteroatoms. The average Bonchev–Trinajstić information content (AvgIpc) is 2.49. The zero-order chi connectivity index (χ0) is 15.5. The monoisotopic (exact) mass is 312 g/mol. The molecule has 1 aliphatic rings. The highest BCUT2D eigenvalue weighted by atomic mass is 32.2. The Morgan fingerprint density at radius 3 is 2.29 bits per heavy atom. The standard InChI is InChI=1S/C15H24N2O3S/c1-4-20-13-5-7-14(8-6-13)21(18,19)17-11-9-15(2,16-3)10-12-17/h5-8,16H,4,9-12H2,1-3H3. The Balaban J connectivity index is 2.12. The molecule has 1 fully saturated rings. The van der Waals surface area contributed by atoms with E-state index < -0.39 is 10.0 Å². The molecule has 0 radical (unpaired) electrons. The van der Waals surface area contributed by atoms with E-state index in [1.54, 1.807) is 28.6 Å². The van der Waals surface area contributed by atoms with E-state index in [4.69, 9.17) is 4.74 Å². The lowest BCUT2D eigenvalue weighted by Crippen LogP contribution is -2.51. The van der Waals surface area contributed by atoms with Crippen molar-refractivity contribution in [2.24, 2.45) is 0 Å². The molecule has 5 nitrogen and oxygen atoms in total. The molecule has 0 aliphatic carbocycles. The zero-order valence-electron chi connectivity index (χ0n) is 12.9. The van der Waals surface area contributed by atoms with E-state index in [-0.39, 0.29) is 5.54 Å². The van der Waals surface area contributed by atoms with E-state index in [9.17, 15) is 8.42 Å². The van der Waals surface area contributed by atoms with Crippen molar-refractivity contribution in [3.8, 4) is 5.75 Å². The molecule has 1 N–H and O–H groups in total. The van der Waals surface area contributed by atoms with Crippen LogP contribution in [-0.2, 0) is 10.0 Å². The molecule has 1 aromatic rings. The maximum absolute atomic E-state index is 12.6. The van der Waals surface area contributed by atoms with Crippen molar-refractivity contribution in [3.05, 3.63) is 24.3 Å². The van der Waals surface area contributed by atoms with Crippen molar-refractivity contribution in [3.63, 3.8) is 0 Å². The van der Waals surface area contributed by atoms with Gasteiger partial charge in [0.15, 0.2) is 0 Å². The number of rotatable bonds is 5. The summed E-state index contributed by atoms with van der Waals surface area (Å²) < 4.78 is 32.2. The van der Waals surface area contributed by atoms with E-state index in [1.165, 1.54) is 0 Å². The van der Waals surface area contributed by atoms with Gasteiger partial charge in [0.25, 0.3) is 0 Å². The van der Waals surface area contributed by atoms with Crippen LogP contribution in [0.2, 0.25) is 0 Å². The Bertz CT molecular complexity index is 561. The van der Waals surface area contributed by atoms with Crippen molar-refractivity contribution in [2.75, 3.05) is 26.7 Å². The SMILES string of the molecule is CCOc1ccc(S(=O)(=O)N2CCC(C)(NC)CC2)cc1. The van der Waals surface area contributed by atoms with E-state index in [0.717, 1.165) is 12.8 Å². The minimum atomic E-state index is -3.40. The van der Waals surface area contributed by atoms with Gasteiger partial charge < -0.3 is 10.1 Å². The predicted molar refractivity (Wildman–Crippen MR) is 83.1 cm³/mol. The second-order valence-electron chi connectivity index (χ2n) is 5.62. The summed E-state index contributed by atoms with van der Waals surface area (Å²) >= 11 is 0. The Morgan fingerprint density at radius 1 is 1.24 bits per heavy atom. The van der Waals surface area contributed by atoms with Gasteiger partial charge in [-0.25, -0.2) is 8.42 Å². The Labute approximate surface area is 127 Å². The summed E-state index contributed by atoms with van der Waals surface area (Å²) in [5, 5.41) is 3.28. The lowest BCUT2D eigenvalue weighted by atomic mass is 9.91. The first-order chi connectivity index (χ1) is 9.91. The maximum atomic E-state index is 12.6. The molecule has 0 amide bonds. The fraction of sp³-hybridized carbons (Fsp3) is 0.600. The normalized spacial score (nSPS) is 19.4. The number of hydrogen-bond donors (Lipinski definition) is 1. The summed E-state index contributed by atoms with van der Waals surface area (Å²) in [5.74, 6) is 0.692. The molecule has 0 spiro atoms. The lowest BCUT2D eigenvalue weighted by Gasteiger charge is -2.38. The van der Waals surface area contributed by atoms with Crippen LogP contribution in [0.3, 0.4) is 0 Å². The molecule has 1 heterocycles. The highest BCUT2D eigenvalue weighted by molar-refractivity contribution is 7.89. The quantitative estimate of drug-likeness (QED) is 0.901. The molecule has 0 atom stereocenters. The number of nitrogens with zero attached hydrogens (tertiary/aromatic N) is 1. The Kier molecular flexibility index (Phi) is 4.91. The molecule has 0 bridgehead atoms. The van der Waals surface area contributed by atoms with Gasteiger partial charge in [-0.05, 0) is 58.0 Å². The molecule has 1 saturated heterocycles. The predicted octanol–water partition coefficient (Wildman–Crippen LogP) is 1.85. The molecule has 0 unspecified atom stereocenters. The number of ether oxygens (including phenoxy) is 1. The van der Waals surface area contributed by atoms with Crippen LogP contribution in [0, 0.1) is 0 Å². The lowest BCUT2D eigenvalue weighted by molar-refractivity contribution is 0.219. The fourth-order valence-electron chi connectivity index (χ4n) is 2.49. The van der Waals surface area contributed by atoms with Crippen LogP contribution in [0.1, 0.15) is 26.7 Å². The van der Waals surface area contributed by atoms with Crippen LogP contribution < -0.4 is 10.1 Å². The van der Waals surface area contributed by atoms with Crippen LogP contribution in [-0.4, -0.2) is 45.0 Å². The van der Waals surface area contributed by atoms with Gasteiger partial charge in [0.2, 0.25) is 10.0 Å². The average molecular weight is 312 g/mol. The van der Waals surface area contributed by atoms with Crippen molar-refractivity contribution < 1.29 is 13.2 Å². The molecule has 118 valence electrons. The summed E-state index contributed by atoms with van der Waals surface area (Å²) in [5.41, 5.74) is 0.0326.